The van der Waals surface area contributed by atoms with E-state index in [9.17, 15) is 9.90 Å². The third kappa shape index (κ3) is 2.54. The number of rotatable bonds is 3. The summed E-state index contributed by atoms with van der Waals surface area (Å²) in [6.07, 6.45) is 0.721. The van der Waals surface area contributed by atoms with E-state index in [1.807, 2.05) is 49.4 Å². The predicted molar refractivity (Wildman–Crippen MR) is 69.5 cm³/mol. The molecular formula is C15H13NO2. The van der Waals surface area contributed by atoms with Crippen molar-refractivity contribution in [3.05, 3.63) is 65.2 Å². The third-order valence-corrected chi connectivity index (χ3v) is 2.76. The number of benzene rings is 2. The summed E-state index contributed by atoms with van der Waals surface area (Å²) < 4.78 is 0. The number of aliphatic hydroxyl groups excluding tert-OH is 1. The Kier molecular flexibility index (Phi) is 3.68. The first kappa shape index (κ1) is 12.2. The summed E-state index contributed by atoms with van der Waals surface area (Å²) in [5.41, 5.74) is 2.84. The highest BCUT2D eigenvalue weighted by atomic mass is 16.3. The first-order valence-corrected chi connectivity index (χ1v) is 5.64. The fraction of sp³-hybridized carbons (Fsp3) is 0.133. The zero-order valence-corrected chi connectivity index (χ0v) is 10.00. The molecule has 0 spiro atoms. The molecule has 2 aromatic rings. The van der Waals surface area contributed by atoms with Crippen LogP contribution in [0.4, 0.5) is 5.69 Å². The highest BCUT2D eigenvalue weighted by molar-refractivity contribution is 5.56. The zero-order chi connectivity index (χ0) is 13.0. The highest BCUT2D eigenvalue weighted by Crippen LogP contribution is 2.30. The van der Waals surface area contributed by atoms with E-state index in [2.05, 4.69) is 4.99 Å². The molecule has 2 rings (SSSR count). The Morgan fingerprint density at radius 3 is 2.56 bits per heavy atom. The molecule has 0 bridgehead atoms. The van der Waals surface area contributed by atoms with E-state index in [0.29, 0.717) is 11.3 Å². The van der Waals surface area contributed by atoms with Crippen molar-refractivity contribution in [3.63, 3.8) is 0 Å². The SMILES string of the molecule is Cc1ccc(N=C=O)c(C(O)c2ccccc2)c1. The molecule has 2 aromatic carbocycles. The van der Waals surface area contributed by atoms with Gasteiger partial charge >= 0.3 is 0 Å². The van der Waals surface area contributed by atoms with Crippen molar-refractivity contribution < 1.29 is 9.90 Å². The maximum Gasteiger partial charge on any atom is 0.240 e. The molecule has 90 valence electrons. The van der Waals surface area contributed by atoms with Gasteiger partial charge in [0, 0.05) is 5.56 Å². The minimum atomic E-state index is -0.793. The van der Waals surface area contributed by atoms with Gasteiger partial charge in [-0.2, -0.15) is 4.99 Å². The fourth-order valence-corrected chi connectivity index (χ4v) is 1.86. The van der Waals surface area contributed by atoms with Gasteiger partial charge in [-0.1, -0.05) is 48.0 Å². The molecule has 0 aliphatic carbocycles. The van der Waals surface area contributed by atoms with Crippen molar-refractivity contribution in [1.29, 1.82) is 0 Å². The van der Waals surface area contributed by atoms with E-state index < -0.39 is 6.10 Å². The normalized spacial score (nSPS) is 11.7. The van der Waals surface area contributed by atoms with Crippen LogP contribution in [0.25, 0.3) is 0 Å². The zero-order valence-electron chi connectivity index (χ0n) is 10.00. The summed E-state index contributed by atoms with van der Waals surface area (Å²) in [6.45, 7) is 1.93. The first-order valence-electron chi connectivity index (χ1n) is 5.64. The number of aliphatic hydroxyl groups is 1. The molecule has 0 heterocycles. The molecule has 0 saturated heterocycles. The third-order valence-electron chi connectivity index (χ3n) is 2.76. The minimum Gasteiger partial charge on any atom is -0.384 e. The average molecular weight is 239 g/mol. The number of nitrogens with zero attached hydrogens (tertiary/aromatic N) is 1. The Morgan fingerprint density at radius 2 is 1.89 bits per heavy atom. The van der Waals surface area contributed by atoms with Crippen LogP contribution in [-0.4, -0.2) is 11.2 Å². The van der Waals surface area contributed by atoms with Crippen LogP contribution in [-0.2, 0) is 4.79 Å². The monoisotopic (exact) mass is 239 g/mol. The maximum absolute atomic E-state index is 10.4. The van der Waals surface area contributed by atoms with Crippen LogP contribution in [0.1, 0.15) is 22.8 Å². The Morgan fingerprint density at radius 1 is 1.17 bits per heavy atom. The van der Waals surface area contributed by atoms with Gasteiger partial charge in [0.05, 0.1) is 5.69 Å². The van der Waals surface area contributed by atoms with E-state index in [4.69, 9.17) is 0 Å². The van der Waals surface area contributed by atoms with E-state index >= 15 is 0 Å². The molecular weight excluding hydrogens is 226 g/mol. The van der Waals surface area contributed by atoms with Crippen molar-refractivity contribution in [1.82, 2.24) is 0 Å². The lowest BCUT2D eigenvalue weighted by molar-refractivity contribution is 0.221. The van der Waals surface area contributed by atoms with Gasteiger partial charge in [-0.25, -0.2) is 4.79 Å². The van der Waals surface area contributed by atoms with E-state index in [-0.39, 0.29) is 0 Å². The lowest BCUT2D eigenvalue weighted by Crippen LogP contribution is -2.00. The molecule has 0 amide bonds. The van der Waals surface area contributed by atoms with E-state index in [1.165, 1.54) is 6.08 Å². The molecule has 3 nitrogen and oxygen atoms in total. The molecule has 1 N–H and O–H groups in total. The van der Waals surface area contributed by atoms with Gasteiger partial charge in [0.25, 0.3) is 0 Å². The molecule has 0 aromatic heterocycles. The van der Waals surface area contributed by atoms with Gasteiger partial charge in [0.1, 0.15) is 6.10 Å². The Hall–Kier alpha value is -2.22. The second kappa shape index (κ2) is 5.41. The van der Waals surface area contributed by atoms with E-state index in [0.717, 1.165) is 11.1 Å². The molecule has 1 atom stereocenters. The molecule has 0 saturated carbocycles. The van der Waals surface area contributed by atoms with Crippen LogP contribution in [0.3, 0.4) is 0 Å². The predicted octanol–water partition coefficient (Wildman–Crippen LogP) is 3.04. The van der Waals surface area contributed by atoms with Crippen LogP contribution in [0.2, 0.25) is 0 Å². The summed E-state index contributed by atoms with van der Waals surface area (Å²) in [7, 11) is 0. The van der Waals surface area contributed by atoms with Gasteiger partial charge in [-0.3, -0.25) is 0 Å². The van der Waals surface area contributed by atoms with E-state index in [1.54, 1.807) is 6.07 Å². The van der Waals surface area contributed by atoms with Gasteiger partial charge < -0.3 is 5.11 Å². The van der Waals surface area contributed by atoms with Crippen molar-refractivity contribution in [2.75, 3.05) is 0 Å². The van der Waals surface area contributed by atoms with Crippen LogP contribution in [0.5, 0.6) is 0 Å². The van der Waals surface area contributed by atoms with Crippen molar-refractivity contribution in [2.45, 2.75) is 13.0 Å². The van der Waals surface area contributed by atoms with Gasteiger partial charge in [-0.05, 0) is 18.6 Å². The van der Waals surface area contributed by atoms with Gasteiger partial charge in [0.2, 0.25) is 6.08 Å². The lowest BCUT2D eigenvalue weighted by Gasteiger charge is -2.14. The molecule has 0 aliphatic rings. The Labute approximate surface area is 105 Å². The lowest BCUT2D eigenvalue weighted by atomic mass is 9.98. The Balaban J connectivity index is 2.49. The molecule has 0 aliphatic heterocycles. The summed E-state index contributed by atoms with van der Waals surface area (Å²) in [4.78, 5) is 14.0. The highest BCUT2D eigenvalue weighted by Gasteiger charge is 2.14. The van der Waals surface area contributed by atoms with Crippen molar-refractivity contribution in [2.24, 2.45) is 4.99 Å². The standard InChI is InChI=1S/C15H13NO2/c1-11-7-8-14(16-10-17)13(9-11)15(18)12-5-3-2-4-6-12/h2-9,15,18H,1H3. The summed E-state index contributed by atoms with van der Waals surface area (Å²) in [6, 6.07) is 14.7. The molecule has 3 heteroatoms. The van der Waals surface area contributed by atoms with Gasteiger partial charge in [0.15, 0.2) is 0 Å². The topological polar surface area (TPSA) is 49.7 Å². The average Bonchev–Trinajstić information content (AvgIpc) is 2.41. The number of hydrogen-bond acceptors (Lipinski definition) is 3. The summed E-state index contributed by atoms with van der Waals surface area (Å²) in [5.74, 6) is 0. The quantitative estimate of drug-likeness (QED) is 0.661. The first-order chi connectivity index (χ1) is 8.72. The van der Waals surface area contributed by atoms with Crippen LogP contribution in [0, 0.1) is 6.92 Å². The number of hydrogen-bond donors (Lipinski definition) is 1. The fourth-order valence-electron chi connectivity index (χ4n) is 1.86. The van der Waals surface area contributed by atoms with Crippen LogP contribution < -0.4 is 0 Å². The second-order valence-corrected chi connectivity index (χ2v) is 4.08. The summed E-state index contributed by atoms with van der Waals surface area (Å²) in [5, 5.41) is 10.3. The van der Waals surface area contributed by atoms with Crippen molar-refractivity contribution >= 4 is 11.8 Å². The molecule has 1 unspecified atom stereocenters. The number of aliphatic imine (C=N–C) groups is 1. The Bertz CT molecular complexity index is 587. The number of aryl methyl sites for hydroxylation is 1. The maximum atomic E-state index is 10.4. The smallest absolute Gasteiger partial charge is 0.240 e. The van der Waals surface area contributed by atoms with Crippen LogP contribution >= 0.6 is 0 Å². The molecule has 0 radical (unpaired) electrons. The number of carbonyl (C=O) groups excluding carboxylic acids is 1. The minimum absolute atomic E-state index is 0.451. The number of isocyanates is 1. The molecule has 18 heavy (non-hydrogen) atoms. The van der Waals surface area contributed by atoms with Gasteiger partial charge in [-0.15, -0.1) is 0 Å². The van der Waals surface area contributed by atoms with Crippen molar-refractivity contribution in [3.8, 4) is 0 Å². The van der Waals surface area contributed by atoms with Crippen LogP contribution in [0.15, 0.2) is 53.5 Å². The largest absolute Gasteiger partial charge is 0.384 e. The second-order valence-electron chi connectivity index (χ2n) is 4.08. The molecule has 0 fully saturated rings. The summed E-state index contributed by atoms with van der Waals surface area (Å²) >= 11 is 0.